The fraction of sp³-hybridized carbons (Fsp3) is 0.400. The Morgan fingerprint density at radius 2 is 2.33 bits per heavy atom. The van der Waals surface area contributed by atoms with Crippen LogP contribution in [0.15, 0.2) is 22.8 Å². The number of anilines is 1. The first-order valence-electron chi connectivity index (χ1n) is 4.58. The fourth-order valence-electron chi connectivity index (χ4n) is 0.908. The Morgan fingerprint density at radius 3 is 2.87 bits per heavy atom. The van der Waals surface area contributed by atoms with Crippen LogP contribution in [0.5, 0.6) is 0 Å². The van der Waals surface area contributed by atoms with Gasteiger partial charge in [0, 0.05) is 12.7 Å². The molecule has 1 aromatic rings. The van der Waals surface area contributed by atoms with Crippen LogP contribution >= 0.6 is 15.9 Å². The van der Waals surface area contributed by atoms with Crippen LogP contribution in [0.2, 0.25) is 0 Å². The van der Waals surface area contributed by atoms with Crippen molar-refractivity contribution in [3.63, 3.8) is 0 Å². The van der Waals surface area contributed by atoms with Crippen molar-refractivity contribution in [3.05, 3.63) is 22.8 Å². The number of nitrogens with two attached hydrogens (primary N) is 1. The summed E-state index contributed by atoms with van der Waals surface area (Å²) in [6.45, 7) is 4.04. The second-order valence-electron chi connectivity index (χ2n) is 3.94. The number of carbonyl (C=O) groups is 1. The van der Waals surface area contributed by atoms with Gasteiger partial charge in [-0.05, 0) is 41.9 Å². The van der Waals surface area contributed by atoms with Gasteiger partial charge in [0.05, 0.1) is 9.89 Å². The Morgan fingerprint density at radius 1 is 1.67 bits per heavy atom. The zero-order valence-corrected chi connectivity index (χ0v) is 10.3. The minimum Gasteiger partial charge on any atom is -0.369 e. The highest BCUT2D eigenvalue weighted by Crippen LogP contribution is 2.21. The highest BCUT2D eigenvalue weighted by molar-refractivity contribution is 9.10. The molecule has 5 heteroatoms. The summed E-state index contributed by atoms with van der Waals surface area (Å²) >= 11 is 3.36. The Hall–Kier alpha value is -1.10. The second kappa shape index (κ2) is 4.61. The summed E-state index contributed by atoms with van der Waals surface area (Å²) in [6.07, 6.45) is 1.68. The molecule has 0 aliphatic heterocycles. The molecule has 82 valence electrons. The number of hydrogen-bond donors (Lipinski definition) is 2. The first-order valence-corrected chi connectivity index (χ1v) is 5.37. The lowest BCUT2D eigenvalue weighted by Gasteiger charge is -2.21. The van der Waals surface area contributed by atoms with Crippen molar-refractivity contribution < 1.29 is 4.79 Å². The average molecular weight is 272 g/mol. The molecule has 0 fully saturated rings. The van der Waals surface area contributed by atoms with Gasteiger partial charge in [0.25, 0.3) is 0 Å². The van der Waals surface area contributed by atoms with Crippen molar-refractivity contribution in [2.75, 3.05) is 11.9 Å². The van der Waals surface area contributed by atoms with E-state index < -0.39 is 5.41 Å². The first-order chi connectivity index (χ1) is 6.93. The van der Waals surface area contributed by atoms with E-state index in [1.165, 1.54) is 0 Å². The molecule has 0 unspecified atom stereocenters. The first kappa shape index (κ1) is 12.0. The van der Waals surface area contributed by atoms with E-state index in [0.717, 1.165) is 4.47 Å². The molecular weight excluding hydrogens is 258 g/mol. The molecule has 0 radical (unpaired) electrons. The molecule has 0 bridgehead atoms. The summed E-state index contributed by atoms with van der Waals surface area (Å²) in [4.78, 5) is 15.2. The second-order valence-corrected chi connectivity index (χ2v) is 4.79. The predicted molar refractivity (Wildman–Crippen MR) is 63.4 cm³/mol. The number of aromatic nitrogens is 1. The number of rotatable bonds is 4. The third-order valence-electron chi connectivity index (χ3n) is 2.12. The van der Waals surface area contributed by atoms with Crippen molar-refractivity contribution in [1.82, 2.24) is 4.98 Å². The summed E-state index contributed by atoms with van der Waals surface area (Å²) in [5.74, 6) is 0.383. The van der Waals surface area contributed by atoms with Crippen LogP contribution < -0.4 is 11.1 Å². The van der Waals surface area contributed by atoms with Crippen molar-refractivity contribution in [2.24, 2.45) is 11.1 Å². The third kappa shape index (κ3) is 3.20. The smallest absolute Gasteiger partial charge is 0.224 e. The van der Waals surface area contributed by atoms with Gasteiger partial charge in [0.15, 0.2) is 0 Å². The lowest BCUT2D eigenvalue weighted by atomic mass is 9.93. The molecule has 1 amide bonds. The van der Waals surface area contributed by atoms with Crippen molar-refractivity contribution >= 4 is 27.7 Å². The quantitative estimate of drug-likeness (QED) is 0.877. The molecule has 1 heterocycles. The molecule has 0 aliphatic rings. The molecule has 0 atom stereocenters. The lowest BCUT2D eigenvalue weighted by Crippen LogP contribution is -2.37. The largest absolute Gasteiger partial charge is 0.369 e. The van der Waals surface area contributed by atoms with Crippen LogP contribution in [0.1, 0.15) is 13.8 Å². The van der Waals surface area contributed by atoms with E-state index in [1.54, 1.807) is 20.0 Å². The highest BCUT2D eigenvalue weighted by atomic mass is 79.9. The monoisotopic (exact) mass is 271 g/mol. The van der Waals surface area contributed by atoms with E-state index in [9.17, 15) is 4.79 Å². The molecule has 15 heavy (non-hydrogen) atoms. The Bertz CT molecular complexity index is 365. The van der Waals surface area contributed by atoms with Crippen LogP contribution in [0.4, 0.5) is 5.82 Å². The van der Waals surface area contributed by atoms with Gasteiger partial charge < -0.3 is 11.1 Å². The SMILES string of the molecule is CC(C)(CNc1ncccc1Br)C(N)=O. The van der Waals surface area contributed by atoms with Gasteiger partial charge >= 0.3 is 0 Å². The number of hydrogen-bond acceptors (Lipinski definition) is 3. The van der Waals surface area contributed by atoms with Crippen LogP contribution in [-0.4, -0.2) is 17.4 Å². The van der Waals surface area contributed by atoms with Crippen LogP contribution in [-0.2, 0) is 4.79 Å². The Labute approximate surface area is 97.4 Å². The molecule has 1 rings (SSSR count). The molecule has 0 saturated heterocycles. The van der Waals surface area contributed by atoms with E-state index in [2.05, 4.69) is 26.2 Å². The summed E-state index contributed by atoms with van der Waals surface area (Å²) in [7, 11) is 0. The van der Waals surface area contributed by atoms with Gasteiger partial charge in [-0.1, -0.05) is 0 Å². The Balaban J connectivity index is 2.66. The Kier molecular flexibility index (Phi) is 3.68. The predicted octanol–water partition coefficient (Wildman–Crippen LogP) is 1.77. The van der Waals surface area contributed by atoms with Crippen LogP contribution in [0, 0.1) is 5.41 Å². The molecule has 4 nitrogen and oxygen atoms in total. The average Bonchev–Trinajstić information content (AvgIpc) is 2.16. The molecule has 0 aromatic carbocycles. The number of nitrogens with one attached hydrogen (secondary N) is 1. The number of halogens is 1. The van der Waals surface area contributed by atoms with Gasteiger partial charge in [-0.25, -0.2) is 4.98 Å². The maximum atomic E-state index is 11.1. The van der Waals surface area contributed by atoms with Gasteiger partial charge in [-0.2, -0.15) is 0 Å². The van der Waals surface area contributed by atoms with E-state index in [1.807, 2.05) is 12.1 Å². The van der Waals surface area contributed by atoms with Crippen molar-refractivity contribution in [1.29, 1.82) is 0 Å². The van der Waals surface area contributed by atoms with Crippen LogP contribution in [0.25, 0.3) is 0 Å². The van der Waals surface area contributed by atoms with E-state index >= 15 is 0 Å². The lowest BCUT2D eigenvalue weighted by molar-refractivity contribution is -0.125. The minimum atomic E-state index is -0.586. The highest BCUT2D eigenvalue weighted by Gasteiger charge is 2.24. The van der Waals surface area contributed by atoms with Crippen molar-refractivity contribution in [2.45, 2.75) is 13.8 Å². The number of carbonyl (C=O) groups excluding carboxylic acids is 1. The molecule has 0 aliphatic carbocycles. The van der Waals surface area contributed by atoms with Gasteiger partial charge in [0.1, 0.15) is 5.82 Å². The summed E-state index contributed by atoms with van der Waals surface area (Å²) in [5.41, 5.74) is 4.68. The van der Waals surface area contributed by atoms with E-state index in [-0.39, 0.29) is 5.91 Å². The number of nitrogens with zero attached hydrogens (tertiary/aromatic N) is 1. The van der Waals surface area contributed by atoms with Gasteiger partial charge in [0.2, 0.25) is 5.91 Å². The fourth-order valence-corrected chi connectivity index (χ4v) is 1.30. The normalized spacial score (nSPS) is 11.1. The standard InChI is InChI=1S/C10H14BrN3O/c1-10(2,9(12)15)6-14-8-7(11)4-3-5-13-8/h3-5H,6H2,1-2H3,(H2,12,15)(H,13,14). The molecular formula is C10H14BrN3O. The van der Waals surface area contributed by atoms with E-state index in [4.69, 9.17) is 5.73 Å². The maximum absolute atomic E-state index is 11.1. The molecule has 0 spiro atoms. The number of pyridine rings is 1. The maximum Gasteiger partial charge on any atom is 0.224 e. The van der Waals surface area contributed by atoms with Crippen molar-refractivity contribution in [3.8, 4) is 0 Å². The molecule has 3 N–H and O–H groups in total. The molecule has 0 saturated carbocycles. The number of primary amides is 1. The van der Waals surface area contributed by atoms with Gasteiger partial charge in [-0.15, -0.1) is 0 Å². The summed E-state index contributed by atoms with van der Waals surface area (Å²) in [6, 6.07) is 3.71. The minimum absolute atomic E-state index is 0.331. The molecule has 1 aromatic heterocycles. The zero-order valence-electron chi connectivity index (χ0n) is 8.75. The van der Waals surface area contributed by atoms with E-state index in [0.29, 0.717) is 12.4 Å². The van der Waals surface area contributed by atoms with Gasteiger partial charge in [-0.3, -0.25) is 4.79 Å². The summed E-state index contributed by atoms with van der Waals surface area (Å²) in [5, 5.41) is 3.08. The topological polar surface area (TPSA) is 68.0 Å². The van der Waals surface area contributed by atoms with Crippen LogP contribution in [0.3, 0.4) is 0 Å². The zero-order chi connectivity index (χ0) is 11.5. The number of amides is 1. The third-order valence-corrected chi connectivity index (χ3v) is 2.76. The summed E-state index contributed by atoms with van der Waals surface area (Å²) < 4.78 is 0.866.